The Hall–Kier alpha value is -1.73. The van der Waals surface area contributed by atoms with Crippen LogP contribution in [0, 0.1) is 11.3 Å². The van der Waals surface area contributed by atoms with Gasteiger partial charge in [0.15, 0.2) is 5.78 Å². The molecule has 0 heterocycles. The lowest BCUT2D eigenvalue weighted by Crippen LogP contribution is -2.08. The zero-order valence-corrected chi connectivity index (χ0v) is 8.01. The van der Waals surface area contributed by atoms with E-state index in [1.54, 1.807) is 0 Å². The molecule has 0 aliphatic rings. The monoisotopic (exact) mass is 209 g/mol. The van der Waals surface area contributed by atoms with Gasteiger partial charge < -0.3 is 11.5 Å². The van der Waals surface area contributed by atoms with Crippen molar-refractivity contribution < 1.29 is 4.79 Å². The molecule has 14 heavy (non-hydrogen) atoms. The predicted molar refractivity (Wildman–Crippen MR) is 55.0 cm³/mol. The van der Waals surface area contributed by atoms with Crippen molar-refractivity contribution in [2.45, 2.75) is 0 Å². The first kappa shape index (κ1) is 10.4. The van der Waals surface area contributed by atoms with Crippen LogP contribution in [-0.4, -0.2) is 11.7 Å². The normalized spacial score (nSPS) is 9.43. The van der Waals surface area contributed by atoms with Gasteiger partial charge in [-0.25, -0.2) is 0 Å². The number of ketones is 1. The molecular weight excluding hydrogens is 202 g/mol. The summed E-state index contributed by atoms with van der Waals surface area (Å²) in [6.07, 6.45) is 0. The molecule has 72 valence electrons. The van der Waals surface area contributed by atoms with E-state index in [1.165, 1.54) is 12.1 Å². The number of nitrogens with two attached hydrogens (primary N) is 2. The van der Waals surface area contributed by atoms with E-state index in [4.69, 9.17) is 28.3 Å². The van der Waals surface area contributed by atoms with Gasteiger partial charge in [0.1, 0.15) is 6.07 Å². The highest BCUT2D eigenvalue weighted by Crippen LogP contribution is 2.21. The van der Waals surface area contributed by atoms with Gasteiger partial charge in [0, 0.05) is 11.4 Å². The molecule has 0 unspecified atom stereocenters. The molecule has 0 aliphatic carbocycles. The van der Waals surface area contributed by atoms with Crippen LogP contribution in [0.1, 0.15) is 15.9 Å². The van der Waals surface area contributed by atoms with Crippen LogP contribution < -0.4 is 11.5 Å². The number of hydrogen-bond donors (Lipinski definition) is 2. The van der Waals surface area contributed by atoms with Crippen molar-refractivity contribution in [3.05, 3.63) is 23.3 Å². The molecule has 0 saturated heterocycles. The second-order valence-corrected chi connectivity index (χ2v) is 2.97. The first-order chi connectivity index (χ1) is 6.60. The second kappa shape index (κ2) is 3.99. The SMILES string of the molecule is N#Cc1cc(N)cc(N)c1C(=O)CCl. The smallest absolute Gasteiger partial charge is 0.180 e. The summed E-state index contributed by atoms with van der Waals surface area (Å²) in [7, 11) is 0. The molecular formula is C9H8ClN3O. The van der Waals surface area contributed by atoms with Gasteiger partial charge in [0.2, 0.25) is 0 Å². The van der Waals surface area contributed by atoms with E-state index in [9.17, 15) is 4.79 Å². The molecule has 1 rings (SSSR count). The molecule has 0 bridgehead atoms. The van der Waals surface area contributed by atoms with Gasteiger partial charge in [-0.05, 0) is 12.1 Å². The minimum Gasteiger partial charge on any atom is -0.399 e. The van der Waals surface area contributed by atoms with Crippen molar-refractivity contribution in [3.8, 4) is 6.07 Å². The molecule has 5 heteroatoms. The zero-order chi connectivity index (χ0) is 10.7. The van der Waals surface area contributed by atoms with Crippen molar-refractivity contribution in [1.29, 1.82) is 5.26 Å². The molecule has 0 radical (unpaired) electrons. The number of alkyl halides is 1. The van der Waals surface area contributed by atoms with Crippen molar-refractivity contribution in [2.75, 3.05) is 17.3 Å². The number of benzene rings is 1. The van der Waals surface area contributed by atoms with Crippen molar-refractivity contribution in [1.82, 2.24) is 0 Å². The Balaban J connectivity index is 3.42. The number of rotatable bonds is 2. The van der Waals surface area contributed by atoms with Crippen LogP contribution in [-0.2, 0) is 0 Å². The summed E-state index contributed by atoms with van der Waals surface area (Å²) in [5, 5.41) is 8.76. The topological polar surface area (TPSA) is 92.9 Å². The standard InChI is InChI=1S/C9H8ClN3O/c10-3-8(14)9-5(4-11)1-6(12)2-7(9)13/h1-2H,3,12-13H2. The molecule has 1 aromatic carbocycles. The second-order valence-electron chi connectivity index (χ2n) is 2.70. The van der Waals surface area contributed by atoms with Crippen LogP contribution in [0.3, 0.4) is 0 Å². The van der Waals surface area contributed by atoms with Gasteiger partial charge in [-0.3, -0.25) is 4.79 Å². The highest BCUT2D eigenvalue weighted by molar-refractivity contribution is 6.31. The molecule has 4 nitrogen and oxygen atoms in total. The maximum atomic E-state index is 11.3. The molecule has 1 aromatic rings. The number of nitriles is 1. The van der Waals surface area contributed by atoms with Gasteiger partial charge >= 0.3 is 0 Å². The Bertz CT molecular complexity index is 423. The summed E-state index contributed by atoms with van der Waals surface area (Å²) in [5.74, 6) is -0.580. The molecule has 0 atom stereocenters. The number of hydrogen-bond acceptors (Lipinski definition) is 4. The van der Waals surface area contributed by atoms with E-state index < -0.39 is 0 Å². The first-order valence-electron chi connectivity index (χ1n) is 3.78. The van der Waals surface area contributed by atoms with Crippen LogP contribution >= 0.6 is 11.6 Å². The third-order valence-corrected chi connectivity index (χ3v) is 1.95. The lowest BCUT2D eigenvalue weighted by atomic mass is 10.0. The lowest BCUT2D eigenvalue weighted by molar-refractivity contribution is 0.102. The molecule has 0 aliphatic heterocycles. The summed E-state index contributed by atoms with van der Waals surface area (Å²) in [5.41, 5.74) is 11.9. The molecule has 0 saturated carbocycles. The molecule has 4 N–H and O–H groups in total. The van der Waals surface area contributed by atoms with Crippen LogP contribution in [0.4, 0.5) is 11.4 Å². The summed E-state index contributed by atoms with van der Waals surface area (Å²) < 4.78 is 0. The van der Waals surface area contributed by atoms with Crippen LogP contribution in [0.25, 0.3) is 0 Å². The summed E-state index contributed by atoms with van der Waals surface area (Å²) in [4.78, 5) is 11.3. The van der Waals surface area contributed by atoms with E-state index in [1.807, 2.05) is 6.07 Å². The average molecular weight is 210 g/mol. The minimum absolute atomic E-state index is 0.150. The Kier molecular flexibility index (Phi) is 2.95. The molecule has 0 fully saturated rings. The van der Waals surface area contributed by atoms with E-state index in [0.29, 0.717) is 5.69 Å². The maximum Gasteiger partial charge on any atom is 0.180 e. The number of carbonyl (C=O) groups excluding carboxylic acids is 1. The van der Waals surface area contributed by atoms with Gasteiger partial charge in [0.25, 0.3) is 0 Å². The summed E-state index contributed by atoms with van der Waals surface area (Å²) in [6.45, 7) is 0. The number of anilines is 2. The largest absolute Gasteiger partial charge is 0.399 e. The van der Waals surface area contributed by atoms with Crippen molar-refractivity contribution >= 4 is 28.8 Å². The first-order valence-corrected chi connectivity index (χ1v) is 4.32. The fourth-order valence-corrected chi connectivity index (χ4v) is 1.29. The fourth-order valence-electron chi connectivity index (χ4n) is 1.15. The predicted octanol–water partition coefficient (Wildman–Crippen LogP) is 1.14. The van der Waals surface area contributed by atoms with Gasteiger partial charge in [0.05, 0.1) is 17.0 Å². The van der Waals surface area contributed by atoms with E-state index in [0.717, 1.165) is 0 Å². The number of Topliss-reactive ketones (excluding diaryl/α,β-unsaturated/α-hetero) is 1. The van der Waals surface area contributed by atoms with E-state index in [2.05, 4.69) is 0 Å². The quantitative estimate of drug-likeness (QED) is 0.434. The van der Waals surface area contributed by atoms with Crippen LogP contribution in [0.15, 0.2) is 12.1 Å². The maximum absolute atomic E-state index is 11.3. The Morgan fingerprint density at radius 1 is 1.50 bits per heavy atom. The van der Waals surface area contributed by atoms with Crippen molar-refractivity contribution in [3.63, 3.8) is 0 Å². The average Bonchev–Trinajstić information content (AvgIpc) is 2.15. The highest BCUT2D eigenvalue weighted by atomic mass is 35.5. The third kappa shape index (κ3) is 1.78. The third-order valence-electron chi connectivity index (χ3n) is 1.71. The fraction of sp³-hybridized carbons (Fsp3) is 0.111. The molecule has 0 amide bonds. The minimum atomic E-state index is -0.374. The summed E-state index contributed by atoms with van der Waals surface area (Å²) >= 11 is 5.38. The number of halogens is 1. The number of carbonyl (C=O) groups is 1. The lowest BCUT2D eigenvalue weighted by Gasteiger charge is -2.06. The highest BCUT2D eigenvalue weighted by Gasteiger charge is 2.14. The number of nitrogens with zero attached hydrogens (tertiary/aromatic N) is 1. The zero-order valence-electron chi connectivity index (χ0n) is 7.25. The van der Waals surface area contributed by atoms with Crippen molar-refractivity contribution in [2.24, 2.45) is 0 Å². The van der Waals surface area contributed by atoms with E-state index >= 15 is 0 Å². The summed E-state index contributed by atoms with van der Waals surface area (Å²) in [6, 6.07) is 4.68. The number of nitrogen functional groups attached to an aromatic ring is 2. The van der Waals surface area contributed by atoms with E-state index in [-0.39, 0.29) is 28.5 Å². The van der Waals surface area contributed by atoms with Crippen LogP contribution in [0.5, 0.6) is 0 Å². The van der Waals surface area contributed by atoms with Gasteiger partial charge in [-0.1, -0.05) is 0 Å². The van der Waals surface area contributed by atoms with Gasteiger partial charge in [-0.2, -0.15) is 5.26 Å². The van der Waals surface area contributed by atoms with Crippen LogP contribution in [0.2, 0.25) is 0 Å². The Morgan fingerprint density at radius 2 is 2.14 bits per heavy atom. The Labute approximate surface area is 86.1 Å². The molecule has 0 spiro atoms. The Morgan fingerprint density at radius 3 is 2.64 bits per heavy atom. The van der Waals surface area contributed by atoms with Gasteiger partial charge in [-0.15, -0.1) is 11.6 Å². The molecule has 0 aromatic heterocycles.